The second kappa shape index (κ2) is 9.39. The Balaban J connectivity index is 1.93. The van der Waals surface area contributed by atoms with Crippen molar-refractivity contribution in [3.05, 3.63) is 75.9 Å². The molecule has 0 aliphatic carbocycles. The van der Waals surface area contributed by atoms with Crippen molar-refractivity contribution in [2.24, 2.45) is 0 Å². The molecule has 7 heteroatoms. The van der Waals surface area contributed by atoms with Crippen molar-refractivity contribution in [3.63, 3.8) is 0 Å². The highest BCUT2D eigenvalue weighted by Crippen LogP contribution is 2.13. The van der Waals surface area contributed by atoms with Crippen LogP contribution >= 0.6 is 15.9 Å². The second-order valence-corrected chi connectivity index (χ2v) is 6.26. The number of hydrogen-bond donors (Lipinski definition) is 3. The minimum absolute atomic E-state index is 0.0532. The Bertz CT molecular complexity index is 888. The topological polar surface area (TPSA) is 102 Å². The highest BCUT2D eigenvalue weighted by atomic mass is 79.9. The minimum atomic E-state index is -1.09. The highest BCUT2D eigenvalue weighted by molar-refractivity contribution is 9.10. The average Bonchev–Trinajstić information content (AvgIpc) is 2.62. The standard InChI is InChI=1S/C19H16BrN3O3/c20-16-5-1-3-13(9-16)7-8-22-12-15(11-21)18(24)23-17-6-2-4-14(10-17)19(25)26/h1-6,9-10,12,22H,7-8H2,(H,23,24)(H,25,26)/b15-12-. The zero-order chi connectivity index (χ0) is 18.9. The number of anilines is 1. The molecule has 2 aromatic rings. The number of nitriles is 1. The first-order valence-corrected chi connectivity index (χ1v) is 8.51. The Morgan fingerprint density at radius 2 is 1.96 bits per heavy atom. The zero-order valence-corrected chi connectivity index (χ0v) is 15.3. The van der Waals surface area contributed by atoms with Crippen molar-refractivity contribution in [3.8, 4) is 6.07 Å². The Hall–Kier alpha value is -3.11. The molecule has 1 amide bonds. The van der Waals surface area contributed by atoms with E-state index in [0.717, 1.165) is 16.5 Å². The van der Waals surface area contributed by atoms with E-state index in [1.165, 1.54) is 24.4 Å². The quantitative estimate of drug-likeness (QED) is 0.367. The lowest BCUT2D eigenvalue weighted by atomic mass is 10.1. The molecule has 0 aromatic heterocycles. The summed E-state index contributed by atoms with van der Waals surface area (Å²) in [5.74, 6) is -1.70. The van der Waals surface area contributed by atoms with Crippen molar-refractivity contribution < 1.29 is 14.7 Å². The first-order chi connectivity index (χ1) is 12.5. The number of carbonyl (C=O) groups is 2. The predicted octanol–water partition coefficient (Wildman–Crippen LogP) is 3.33. The first-order valence-electron chi connectivity index (χ1n) is 7.72. The third kappa shape index (κ3) is 5.76. The van der Waals surface area contributed by atoms with E-state index in [-0.39, 0.29) is 11.1 Å². The average molecular weight is 414 g/mol. The van der Waals surface area contributed by atoms with Crippen LogP contribution in [0.15, 0.2) is 64.8 Å². The molecule has 26 heavy (non-hydrogen) atoms. The number of carbonyl (C=O) groups excluding carboxylic acids is 1. The van der Waals surface area contributed by atoms with Crippen LogP contribution in [-0.4, -0.2) is 23.5 Å². The van der Waals surface area contributed by atoms with Gasteiger partial charge in [-0.3, -0.25) is 4.79 Å². The Morgan fingerprint density at radius 1 is 1.19 bits per heavy atom. The molecule has 3 N–H and O–H groups in total. The Labute approximate surface area is 159 Å². The summed E-state index contributed by atoms with van der Waals surface area (Å²) >= 11 is 3.41. The Kier molecular flexibility index (Phi) is 6.94. The smallest absolute Gasteiger partial charge is 0.335 e. The van der Waals surface area contributed by atoms with Crippen molar-refractivity contribution >= 4 is 33.5 Å². The number of benzene rings is 2. The lowest BCUT2D eigenvalue weighted by molar-refractivity contribution is -0.112. The molecule has 2 rings (SSSR count). The third-order valence-corrected chi connectivity index (χ3v) is 3.92. The third-order valence-electron chi connectivity index (χ3n) is 3.43. The van der Waals surface area contributed by atoms with E-state index in [2.05, 4.69) is 26.6 Å². The van der Waals surface area contributed by atoms with Gasteiger partial charge in [0.15, 0.2) is 0 Å². The summed E-state index contributed by atoms with van der Waals surface area (Å²) in [4.78, 5) is 23.1. The van der Waals surface area contributed by atoms with E-state index in [1.54, 1.807) is 6.07 Å². The SMILES string of the molecule is N#C/C(=C/NCCc1cccc(Br)c1)C(=O)Nc1cccc(C(=O)O)c1. The zero-order valence-electron chi connectivity index (χ0n) is 13.7. The molecule has 0 fully saturated rings. The van der Waals surface area contributed by atoms with Gasteiger partial charge in [-0.15, -0.1) is 0 Å². The van der Waals surface area contributed by atoms with Gasteiger partial charge in [0.25, 0.3) is 5.91 Å². The van der Waals surface area contributed by atoms with Crippen molar-refractivity contribution in [1.29, 1.82) is 5.26 Å². The summed E-state index contributed by atoms with van der Waals surface area (Å²) < 4.78 is 0.992. The number of amides is 1. The van der Waals surface area contributed by atoms with E-state index in [4.69, 9.17) is 10.4 Å². The molecule has 6 nitrogen and oxygen atoms in total. The lowest BCUT2D eigenvalue weighted by Crippen LogP contribution is -2.18. The molecule has 0 saturated carbocycles. The molecule has 0 unspecified atom stereocenters. The van der Waals surface area contributed by atoms with Gasteiger partial charge in [0.1, 0.15) is 11.6 Å². The first kappa shape index (κ1) is 19.2. The fraction of sp³-hybridized carbons (Fsp3) is 0.105. The molecule has 0 radical (unpaired) electrons. The van der Waals surface area contributed by atoms with Gasteiger partial charge in [-0.25, -0.2) is 4.79 Å². The van der Waals surface area contributed by atoms with Crippen molar-refractivity contribution in [2.45, 2.75) is 6.42 Å². The van der Waals surface area contributed by atoms with Gasteiger partial charge in [-0.05, 0) is 42.3 Å². The number of nitrogens with zero attached hydrogens (tertiary/aromatic N) is 1. The number of nitrogens with one attached hydrogen (secondary N) is 2. The number of carboxylic acid groups (broad SMARTS) is 1. The van der Waals surface area contributed by atoms with Crippen molar-refractivity contribution in [1.82, 2.24) is 5.32 Å². The maximum atomic E-state index is 12.1. The molecule has 0 heterocycles. The van der Waals surface area contributed by atoms with E-state index < -0.39 is 11.9 Å². The largest absolute Gasteiger partial charge is 0.478 e. The van der Waals surface area contributed by atoms with Crippen molar-refractivity contribution in [2.75, 3.05) is 11.9 Å². The molecule has 0 aliphatic rings. The number of carboxylic acids is 1. The summed E-state index contributed by atoms with van der Waals surface area (Å²) in [7, 11) is 0. The van der Waals surface area contributed by atoms with E-state index in [0.29, 0.717) is 12.2 Å². The summed E-state index contributed by atoms with van der Waals surface area (Å²) in [6.45, 7) is 0.559. The van der Waals surface area contributed by atoms with Crippen LogP contribution in [0.1, 0.15) is 15.9 Å². The van der Waals surface area contributed by atoms with Gasteiger partial charge < -0.3 is 15.7 Å². The molecular weight excluding hydrogens is 398 g/mol. The minimum Gasteiger partial charge on any atom is -0.478 e. The van der Waals surface area contributed by atoms with Crippen LogP contribution in [0.4, 0.5) is 5.69 Å². The van der Waals surface area contributed by atoms with Gasteiger partial charge in [0, 0.05) is 22.9 Å². The van der Waals surface area contributed by atoms with Crippen LogP contribution in [0.2, 0.25) is 0 Å². The lowest BCUT2D eigenvalue weighted by Gasteiger charge is -2.06. The van der Waals surface area contributed by atoms with Crippen LogP contribution in [0.3, 0.4) is 0 Å². The van der Waals surface area contributed by atoms with Gasteiger partial charge in [0.2, 0.25) is 0 Å². The molecule has 0 atom stereocenters. The monoisotopic (exact) mass is 413 g/mol. The van der Waals surface area contributed by atoms with Crippen LogP contribution in [0.5, 0.6) is 0 Å². The van der Waals surface area contributed by atoms with Gasteiger partial charge >= 0.3 is 5.97 Å². The Morgan fingerprint density at radius 3 is 2.65 bits per heavy atom. The maximum absolute atomic E-state index is 12.1. The van der Waals surface area contributed by atoms with Crippen LogP contribution in [0.25, 0.3) is 0 Å². The summed E-state index contributed by atoms with van der Waals surface area (Å²) in [6.07, 6.45) is 2.09. The normalized spacial score (nSPS) is 10.7. The fourth-order valence-corrected chi connectivity index (χ4v) is 2.61. The number of hydrogen-bond acceptors (Lipinski definition) is 4. The molecular formula is C19H16BrN3O3. The van der Waals surface area contributed by atoms with Gasteiger partial charge in [-0.1, -0.05) is 34.1 Å². The molecule has 0 bridgehead atoms. The summed E-state index contributed by atoms with van der Waals surface area (Å²) in [6, 6.07) is 15.5. The molecule has 0 aliphatic heterocycles. The molecule has 0 spiro atoms. The van der Waals surface area contributed by atoms with Crippen LogP contribution in [0, 0.1) is 11.3 Å². The predicted molar refractivity (Wildman–Crippen MR) is 102 cm³/mol. The molecule has 0 saturated heterocycles. The second-order valence-electron chi connectivity index (χ2n) is 5.34. The summed E-state index contributed by atoms with van der Waals surface area (Å²) in [5, 5.41) is 23.6. The van der Waals surface area contributed by atoms with Crippen LogP contribution < -0.4 is 10.6 Å². The van der Waals surface area contributed by atoms with Crippen LogP contribution in [-0.2, 0) is 11.2 Å². The maximum Gasteiger partial charge on any atom is 0.335 e. The van der Waals surface area contributed by atoms with Gasteiger partial charge in [0.05, 0.1) is 5.56 Å². The number of rotatable bonds is 7. The summed E-state index contributed by atoms with van der Waals surface area (Å²) in [5.41, 5.74) is 1.39. The fourth-order valence-electron chi connectivity index (χ4n) is 2.16. The van der Waals surface area contributed by atoms with E-state index >= 15 is 0 Å². The van der Waals surface area contributed by atoms with E-state index in [1.807, 2.05) is 30.3 Å². The highest BCUT2D eigenvalue weighted by Gasteiger charge is 2.10. The molecule has 132 valence electrons. The van der Waals surface area contributed by atoms with Gasteiger partial charge in [-0.2, -0.15) is 5.26 Å². The number of aromatic carboxylic acids is 1. The number of halogens is 1. The molecule has 2 aromatic carbocycles. The van der Waals surface area contributed by atoms with E-state index in [9.17, 15) is 9.59 Å².